The van der Waals surface area contributed by atoms with Gasteiger partial charge in [-0.2, -0.15) is 5.10 Å². The summed E-state index contributed by atoms with van der Waals surface area (Å²) in [6.45, 7) is 0. The lowest BCUT2D eigenvalue weighted by Gasteiger charge is -2.15. The molecule has 8 heteroatoms. The Balaban J connectivity index is 1.70. The third kappa shape index (κ3) is 3.94. The fourth-order valence-corrected chi connectivity index (χ4v) is 2.11. The number of non-ortho nitro benzene ring substituents is 1. The lowest BCUT2D eigenvalue weighted by atomic mass is 10.1. The van der Waals surface area contributed by atoms with Crippen molar-refractivity contribution in [1.29, 1.82) is 0 Å². The summed E-state index contributed by atoms with van der Waals surface area (Å²) in [4.78, 5) is 10.4. The molecule has 0 aliphatic carbocycles. The van der Waals surface area contributed by atoms with Gasteiger partial charge in [0.1, 0.15) is 11.5 Å². The number of nitrogens with one attached hydrogen (secondary N) is 2. The maximum atomic E-state index is 11.8. The Morgan fingerprint density at radius 3 is 2.80 bits per heavy atom. The molecule has 25 heavy (non-hydrogen) atoms. The number of benzene rings is 1. The van der Waals surface area contributed by atoms with Crippen LogP contribution in [-0.2, 0) is 0 Å². The first-order chi connectivity index (χ1) is 12.1. The number of nitrogens with zero attached hydrogens (tertiary/aromatic N) is 2. The molecule has 126 valence electrons. The topological polar surface area (TPSA) is 116 Å². The molecule has 1 aliphatic heterocycles. The van der Waals surface area contributed by atoms with Crippen LogP contribution in [0.4, 0.5) is 5.69 Å². The highest BCUT2D eigenvalue weighted by Crippen LogP contribution is 2.25. The van der Waals surface area contributed by atoms with E-state index >= 15 is 0 Å². The van der Waals surface area contributed by atoms with Crippen LogP contribution in [0.15, 0.2) is 81.9 Å². The summed E-state index contributed by atoms with van der Waals surface area (Å²) in [5.41, 5.74) is 3.42. The minimum atomic E-state index is -0.467. The SMILES string of the molecule is O=[N+]([O-])c1cccc(-c2ccc(C=NNC([O-])=C3C=CNC=C3)o2)c1. The Hall–Kier alpha value is -3.81. The van der Waals surface area contributed by atoms with Crippen molar-refractivity contribution in [3.8, 4) is 11.3 Å². The smallest absolute Gasteiger partial charge is 0.270 e. The molecule has 0 atom stereocenters. The van der Waals surface area contributed by atoms with Crippen LogP contribution in [0.25, 0.3) is 11.3 Å². The zero-order valence-electron chi connectivity index (χ0n) is 12.9. The van der Waals surface area contributed by atoms with Crippen molar-refractivity contribution in [3.63, 3.8) is 0 Å². The van der Waals surface area contributed by atoms with E-state index < -0.39 is 4.92 Å². The van der Waals surface area contributed by atoms with Crippen molar-refractivity contribution in [1.82, 2.24) is 10.7 Å². The molecule has 2 aromatic rings. The molecule has 0 amide bonds. The average molecular weight is 337 g/mol. The second kappa shape index (κ2) is 7.18. The van der Waals surface area contributed by atoms with Crippen molar-refractivity contribution >= 4 is 11.9 Å². The lowest BCUT2D eigenvalue weighted by molar-refractivity contribution is -0.384. The van der Waals surface area contributed by atoms with Gasteiger partial charge in [-0.05, 0) is 35.7 Å². The van der Waals surface area contributed by atoms with E-state index in [9.17, 15) is 15.2 Å². The quantitative estimate of drug-likeness (QED) is 0.373. The predicted octanol–water partition coefficient (Wildman–Crippen LogP) is 1.98. The van der Waals surface area contributed by atoms with Gasteiger partial charge in [0.15, 0.2) is 0 Å². The molecule has 0 spiro atoms. The largest absolute Gasteiger partial charge is 0.859 e. The second-order valence-corrected chi connectivity index (χ2v) is 5.00. The molecular weight excluding hydrogens is 324 g/mol. The maximum Gasteiger partial charge on any atom is 0.270 e. The molecule has 0 unspecified atom stereocenters. The summed E-state index contributed by atoms with van der Waals surface area (Å²) < 4.78 is 5.56. The van der Waals surface area contributed by atoms with Gasteiger partial charge in [0.2, 0.25) is 0 Å². The van der Waals surface area contributed by atoms with Crippen LogP contribution in [0.3, 0.4) is 0 Å². The van der Waals surface area contributed by atoms with E-state index in [4.69, 9.17) is 4.42 Å². The summed E-state index contributed by atoms with van der Waals surface area (Å²) in [7, 11) is 0. The molecule has 0 saturated heterocycles. The lowest BCUT2D eigenvalue weighted by Crippen LogP contribution is -2.21. The molecule has 1 aromatic heterocycles. The van der Waals surface area contributed by atoms with E-state index in [2.05, 4.69) is 15.8 Å². The highest BCUT2D eigenvalue weighted by molar-refractivity contribution is 5.77. The molecule has 1 aromatic carbocycles. The number of allylic oxidation sites excluding steroid dienone is 3. The second-order valence-electron chi connectivity index (χ2n) is 5.00. The minimum absolute atomic E-state index is 0.0171. The van der Waals surface area contributed by atoms with Gasteiger partial charge < -0.3 is 14.8 Å². The summed E-state index contributed by atoms with van der Waals surface area (Å²) in [5.74, 6) is 0.522. The fraction of sp³-hybridized carbons (Fsp3) is 0. The zero-order valence-corrected chi connectivity index (χ0v) is 12.9. The Morgan fingerprint density at radius 1 is 1.24 bits per heavy atom. The molecular formula is C17H13N4O4-. The molecule has 1 aliphatic rings. The maximum absolute atomic E-state index is 11.8. The number of furan rings is 1. The molecule has 0 saturated carbocycles. The Morgan fingerprint density at radius 2 is 2.04 bits per heavy atom. The zero-order chi connectivity index (χ0) is 17.6. The van der Waals surface area contributed by atoms with Crippen molar-refractivity contribution in [2.75, 3.05) is 0 Å². The molecule has 8 nitrogen and oxygen atoms in total. The third-order valence-electron chi connectivity index (χ3n) is 3.31. The van der Waals surface area contributed by atoms with Crippen LogP contribution >= 0.6 is 0 Å². The Kier molecular flexibility index (Phi) is 4.61. The molecule has 2 N–H and O–H groups in total. The molecule has 0 bridgehead atoms. The average Bonchev–Trinajstić information content (AvgIpc) is 3.11. The first-order valence-electron chi connectivity index (χ1n) is 7.28. The standard InChI is InChI=1S/C17H14N4O4/c22-17(12-6-8-18-9-7-12)20-19-11-15-4-5-16(25-15)13-2-1-3-14(10-13)21(23)24/h1-11,18,20,22H/p-1. The van der Waals surface area contributed by atoms with E-state index in [1.165, 1.54) is 18.3 Å². The van der Waals surface area contributed by atoms with Gasteiger partial charge in [-0.3, -0.25) is 15.5 Å². The molecule has 2 heterocycles. The highest BCUT2D eigenvalue weighted by Gasteiger charge is 2.09. The molecule has 0 fully saturated rings. The van der Waals surface area contributed by atoms with Gasteiger partial charge in [-0.25, -0.2) is 0 Å². The van der Waals surface area contributed by atoms with Gasteiger partial charge in [0.05, 0.1) is 11.1 Å². The van der Waals surface area contributed by atoms with Crippen LogP contribution in [0.1, 0.15) is 5.76 Å². The first-order valence-corrected chi connectivity index (χ1v) is 7.28. The summed E-state index contributed by atoms with van der Waals surface area (Å²) in [6.07, 6.45) is 7.87. The van der Waals surface area contributed by atoms with Gasteiger partial charge in [0.25, 0.3) is 5.69 Å². The van der Waals surface area contributed by atoms with Crippen LogP contribution in [0.2, 0.25) is 0 Å². The van der Waals surface area contributed by atoms with E-state index in [0.29, 0.717) is 22.7 Å². The van der Waals surface area contributed by atoms with Crippen LogP contribution < -0.4 is 15.8 Å². The Labute approximate surface area is 142 Å². The number of hydrogen-bond acceptors (Lipinski definition) is 7. The predicted molar refractivity (Wildman–Crippen MR) is 90.0 cm³/mol. The van der Waals surface area contributed by atoms with Gasteiger partial charge in [0, 0.05) is 30.1 Å². The number of rotatable bonds is 5. The van der Waals surface area contributed by atoms with Crippen molar-refractivity contribution in [3.05, 3.63) is 88.3 Å². The van der Waals surface area contributed by atoms with Gasteiger partial charge in [-0.1, -0.05) is 12.1 Å². The van der Waals surface area contributed by atoms with Crippen molar-refractivity contribution in [2.45, 2.75) is 0 Å². The molecule has 3 rings (SSSR count). The van der Waals surface area contributed by atoms with Gasteiger partial charge >= 0.3 is 0 Å². The summed E-state index contributed by atoms with van der Waals surface area (Å²) in [6, 6.07) is 9.46. The number of nitro groups is 1. The first kappa shape index (κ1) is 16.1. The van der Waals surface area contributed by atoms with Crippen LogP contribution in [0.5, 0.6) is 0 Å². The van der Waals surface area contributed by atoms with Gasteiger partial charge in [-0.15, -0.1) is 0 Å². The normalized spacial score (nSPS) is 13.0. The van der Waals surface area contributed by atoms with Crippen molar-refractivity contribution in [2.24, 2.45) is 5.10 Å². The number of nitro benzene ring substituents is 1. The van der Waals surface area contributed by atoms with Crippen LogP contribution in [-0.4, -0.2) is 11.1 Å². The third-order valence-corrected chi connectivity index (χ3v) is 3.31. The van der Waals surface area contributed by atoms with Crippen LogP contribution in [0, 0.1) is 10.1 Å². The highest BCUT2D eigenvalue weighted by atomic mass is 16.6. The molecule has 0 radical (unpaired) electrons. The number of dihydropyridines is 1. The Bertz CT molecular complexity index is 895. The fourth-order valence-electron chi connectivity index (χ4n) is 2.11. The summed E-state index contributed by atoms with van der Waals surface area (Å²) >= 11 is 0. The van der Waals surface area contributed by atoms with E-state index in [-0.39, 0.29) is 11.6 Å². The van der Waals surface area contributed by atoms with E-state index in [1.54, 1.807) is 48.8 Å². The minimum Gasteiger partial charge on any atom is -0.859 e. The van der Waals surface area contributed by atoms with E-state index in [0.717, 1.165) is 0 Å². The number of hydrazone groups is 1. The number of hydrogen-bond donors (Lipinski definition) is 2. The summed E-state index contributed by atoms with van der Waals surface area (Å²) in [5, 5.41) is 29.3. The van der Waals surface area contributed by atoms with E-state index in [1.807, 2.05) is 0 Å². The van der Waals surface area contributed by atoms with Crippen molar-refractivity contribution < 1.29 is 14.4 Å². The monoisotopic (exact) mass is 337 g/mol.